The minimum atomic E-state index is -0.388. The lowest BCUT2D eigenvalue weighted by Crippen LogP contribution is -1.84. The maximum atomic E-state index is 8.06. The molecule has 3 rings (SSSR count). The Bertz CT molecular complexity index is 849. The molecule has 0 amide bonds. The maximum Gasteiger partial charge on any atom is 0.0708 e. The molecule has 18 heavy (non-hydrogen) atoms. The third-order valence-electron chi connectivity index (χ3n) is 2.62. The van der Waals surface area contributed by atoms with Crippen LogP contribution in [0.1, 0.15) is 6.85 Å². The van der Waals surface area contributed by atoms with E-state index in [1.165, 1.54) is 0 Å². The normalized spacial score (nSPS) is 14.1. The minimum Gasteiger partial charge on any atom is -0.256 e. The molecule has 0 saturated carbocycles. The molecule has 1 aromatic heterocycles. The van der Waals surface area contributed by atoms with Gasteiger partial charge in [0.2, 0.25) is 0 Å². The summed E-state index contributed by atoms with van der Waals surface area (Å²) >= 11 is 0. The van der Waals surface area contributed by atoms with E-state index in [-0.39, 0.29) is 35.8 Å². The zero-order chi connectivity index (χ0) is 16.6. The van der Waals surface area contributed by atoms with Gasteiger partial charge in [-0.05, 0) is 23.3 Å². The molecule has 86 valence electrons. The van der Waals surface area contributed by atoms with Gasteiger partial charge in [0.25, 0.3) is 0 Å². The van der Waals surface area contributed by atoms with Gasteiger partial charge in [0.15, 0.2) is 0 Å². The summed E-state index contributed by atoms with van der Waals surface area (Å²) in [6.07, 6.45) is 1.58. The predicted molar refractivity (Wildman–Crippen MR) is 75.1 cm³/mol. The molecule has 0 fully saturated rings. The molecular weight excluding hydrogens is 218 g/mol. The van der Waals surface area contributed by atoms with Crippen LogP contribution in [-0.2, 0) is 0 Å². The number of aromatic nitrogens is 1. The van der Waals surface area contributed by atoms with Crippen LogP contribution in [0.5, 0.6) is 0 Å². The summed E-state index contributed by atoms with van der Waals surface area (Å²) in [6, 6.07) is 11.4. The van der Waals surface area contributed by atoms with Crippen LogP contribution in [0.15, 0.2) is 78.9 Å². The van der Waals surface area contributed by atoms with Crippen molar-refractivity contribution in [3.63, 3.8) is 0 Å². The number of benzene rings is 2. The molecule has 0 N–H and O–H groups in total. The summed E-state index contributed by atoms with van der Waals surface area (Å²) < 4.78 is 39.3. The molecule has 0 aliphatic carbocycles. The van der Waals surface area contributed by atoms with Crippen molar-refractivity contribution in [3.8, 4) is 22.4 Å². The van der Waals surface area contributed by atoms with E-state index >= 15 is 0 Å². The van der Waals surface area contributed by atoms with Crippen LogP contribution in [0.25, 0.3) is 22.4 Å². The van der Waals surface area contributed by atoms with Crippen molar-refractivity contribution in [1.29, 1.82) is 0 Å². The van der Waals surface area contributed by atoms with Crippen molar-refractivity contribution in [2.75, 3.05) is 0 Å². The van der Waals surface area contributed by atoms with Gasteiger partial charge in [-0.2, -0.15) is 0 Å². The maximum absolute atomic E-state index is 8.06. The van der Waals surface area contributed by atoms with Crippen LogP contribution in [-0.4, -0.2) is 4.98 Å². The Kier molecular flexibility index (Phi) is 1.75. The molecule has 0 unspecified atom stereocenters. The first-order valence-electron chi connectivity index (χ1n) is 8.09. The lowest BCUT2D eigenvalue weighted by molar-refractivity contribution is 1.33. The molecule has 0 saturated heterocycles. The topological polar surface area (TPSA) is 12.9 Å². The van der Waals surface area contributed by atoms with E-state index in [0.29, 0.717) is 11.3 Å². The summed E-state index contributed by atoms with van der Waals surface area (Å²) in [6.45, 7) is 0. The Hall–Kier alpha value is -2.41. The van der Waals surface area contributed by atoms with Crippen molar-refractivity contribution in [2.24, 2.45) is 0 Å². The third-order valence-corrected chi connectivity index (χ3v) is 2.62. The van der Waals surface area contributed by atoms with Gasteiger partial charge < -0.3 is 0 Å². The Labute approximate surface area is 114 Å². The van der Waals surface area contributed by atoms with Crippen molar-refractivity contribution in [2.45, 2.75) is 0 Å². The number of hydrogen-bond acceptors (Lipinski definition) is 1. The molecule has 0 spiro atoms. The van der Waals surface area contributed by atoms with E-state index in [4.69, 9.17) is 6.85 Å². The number of hydrogen-bond donors (Lipinski definition) is 0. The zero-order valence-corrected chi connectivity index (χ0v) is 9.57. The fourth-order valence-corrected chi connectivity index (χ4v) is 1.75. The van der Waals surface area contributed by atoms with Gasteiger partial charge >= 0.3 is 0 Å². The van der Waals surface area contributed by atoms with Crippen LogP contribution in [0.4, 0.5) is 0 Å². The monoisotopic (exact) mass is 236 g/mol. The third kappa shape index (κ3) is 2.16. The van der Waals surface area contributed by atoms with E-state index < -0.39 is 0 Å². The predicted octanol–water partition coefficient (Wildman–Crippen LogP) is 4.42. The van der Waals surface area contributed by atoms with Crippen LogP contribution < -0.4 is 0 Å². The minimum absolute atomic E-state index is 0.190. The largest absolute Gasteiger partial charge is 0.256 e. The molecule has 1 nitrogen and oxygen atoms in total. The van der Waals surface area contributed by atoms with Gasteiger partial charge in [0.05, 0.1) is 12.5 Å². The van der Waals surface area contributed by atoms with Crippen LogP contribution >= 0.6 is 0 Å². The first-order valence-corrected chi connectivity index (χ1v) is 5.59. The second-order valence-electron chi connectivity index (χ2n) is 3.80. The van der Waals surface area contributed by atoms with Gasteiger partial charge in [0.1, 0.15) is 0 Å². The molecule has 1 heterocycles. The Morgan fingerprint density at radius 2 is 1.56 bits per heavy atom. The second kappa shape index (κ2) is 4.84. The van der Waals surface area contributed by atoms with Crippen LogP contribution in [0, 0.1) is 0 Å². The molecule has 0 atom stereocenters. The second-order valence-corrected chi connectivity index (χ2v) is 3.80. The molecule has 1 heteroatoms. The smallest absolute Gasteiger partial charge is 0.0708 e. The fourth-order valence-electron chi connectivity index (χ4n) is 1.75. The summed E-state index contributed by atoms with van der Waals surface area (Å²) in [5, 5.41) is 0. The fraction of sp³-hybridized carbons (Fsp3) is 0. The summed E-state index contributed by atoms with van der Waals surface area (Å²) in [4.78, 5) is 4.30. The van der Waals surface area contributed by atoms with Gasteiger partial charge in [-0.25, -0.2) is 0 Å². The average Bonchev–Trinajstić information content (AvgIpc) is 2.59. The van der Waals surface area contributed by atoms with Crippen molar-refractivity contribution >= 4 is 0 Å². The lowest BCUT2D eigenvalue weighted by atomic mass is 10.0. The van der Waals surface area contributed by atoms with Crippen molar-refractivity contribution < 1.29 is 6.85 Å². The SMILES string of the molecule is [2H]c1c([2H])c([2H])c(-c2ccnc(-c3ccccc3)c2)c([2H])c1[2H]. The summed E-state index contributed by atoms with van der Waals surface area (Å²) in [5.41, 5.74) is 2.34. The van der Waals surface area contributed by atoms with E-state index in [9.17, 15) is 0 Å². The highest BCUT2D eigenvalue weighted by Crippen LogP contribution is 2.23. The number of nitrogens with zero attached hydrogens (tertiary/aromatic N) is 1. The Morgan fingerprint density at radius 1 is 0.778 bits per heavy atom. The van der Waals surface area contributed by atoms with E-state index in [0.717, 1.165) is 5.56 Å². The number of rotatable bonds is 2. The highest BCUT2D eigenvalue weighted by Gasteiger charge is 2.01. The quantitative estimate of drug-likeness (QED) is 0.642. The van der Waals surface area contributed by atoms with E-state index in [1.54, 1.807) is 18.3 Å². The van der Waals surface area contributed by atoms with Crippen LogP contribution in [0.2, 0.25) is 0 Å². The molecule has 0 bridgehead atoms. The Balaban J connectivity index is 2.21. The van der Waals surface area contributed by atoms with Crippen LogP contribution in [0.3, 0.4) is 0 Å². The highest BCUT2D eigenvalue weighted by atomic mass is 14.7. The molecule has 0 radical (unpaired) electrons. The summed E-state index contributed by atoms with van der Waals surface area (Å²) in [7, 11) is 0. The average molecular weight is 236 g/mol. The molecule has 3 aromatic rings. The standard InChI is InChI=1S/C17H13N/c1-3-7-14(8-4-1)16-11-12-18-17(13-16)15-9-5-2-6-10-15/h1-13H/i1D,3D,4D,7D,8D. The summed E-state index contributed by atoms with van der Waals surface area (Å²) in [5.74, 6) is 0. The van der Waals surface area contributed by atoms with E-state index in [2.05, 4.69) is 4.98 Å². The lowest BCUT2D eigenvalue weighted by Gasteiger charge is -2.04. The molecule has 2 aromatic carbocycles. The molecule has 0 aliphatic rings. The van der Waals surface area contributed by atoms with Crippen molar-refractivity contribution in [3.05, 3.63) is 78.9 Å². The van der Waals surface area contributed by atoms with E-state index in [1.807, 2.05) is 30.3 Å². The van der Waals surface area contributed by atoms with Gasteiger partial charge in [-0.15, -0.1) is 0 Å². The highest BCUT2D eigenvalue weighted by molar-refractivity contribution is 5.70. The number of pyridine rings is 1. The van der Waals surface area contributed by atoms with Gasteiger partial charge in [-0.3, -0.25) is 4.98 Å². The first kappa shape index (κ1) is 6.50. The Morgan fingerprint density at radius 3 is 2.33 bits per heavy atom. The van der Waals surface area contributed by atoms with Gasteiger partial charge in [0, 0.05) is 11.8 Å². The molecule has 0 aliphatic heterocycles. The first-order chi connectivity index (χ1) is 11.0. The zero-order valence-electron chi connectivity index (χ0n) is 14.6. The van der Waals surface area contributed by atoms with Gasteiger partial charge in [-0.1, -0.05) is 60.5 Å². The van der Waals surface area contributed by atoms with Crippen molar-refractivity contribution in [1.82, 2.24) is 4.98 Å². The molecular formula is C17H13N.